The largest absolute Gasteiger partial charge is 0.452 e. The number of carbonyl (C=O) groups is 3. The average Bonchev–Trinajstić information content (AvgIpc) is 3.38. The summed E-state index contributed by atoms with van der Waals surface area (Å²) in [6, 6.07) is 18.3. The average molecular weight is 490 g/mol. The molecule has 0 unspecified atom stereocenters. The van der Waals surface area contributed by atoms with E-state index >= 15 is 0 Å². The van der Waals surface area contributed by atoms with Gasteiger partial charge in [0, 0.05) is 10.6 Å². The molecule has 0 saturated heterocycles. The number of aryl methyl sites for hydroxylation is 1. The van der Waals surface area contributed by atoms with E-state index in [1.54, 1.807) is 54.6 Å². The Morgan fingerprint density at radius 3 is 2.57 bits per heavy atom. The van der Waals surface area contributed by atoms with E-state index in [1.807, 2.05) is 13.0 Å². The topological polar surface area (TPSA) is 115 Å². The van der Waals surface area contributed by atoms with Gasteiger partial charge in [-0.2, -0.15) is 5.10 Å². The van der Waals surface area contributed by atoms with Crippen LogP contribution in [0.5, 0.6) is 0 Å². The fourth-order valence-electron chi connectivity index (χ4n) is 3.29. The molecule has 4 aromatic rings. The lowest BCUT2D eigenvalue weighted by Crippen LogP contribution is -2.22. The van der Waals surface area contributed by atoms with Crippen LogP contribution in [-0.2, 0) is 9.53 Å². The van der Waals surface area contributed by atoms with Crippen molar-refractivity contribution in [2.45, 2.75) is 6.92 Å². The molecular formula is C25H20ClN5O4. The molecular weight excluding hydrogens is 470 g/mol. The van der Waals surface area contributed by atoms with Crippen molar-refractivity contribution >= 4 is 40.8 Å². The number of aromatic nitrogens is 3. The third-order valence-electron chi connectivity index (χ3n) is 4.91. The van der Waals surface area contributed by atoms with Crippen LogP contribution < -0.4 is 10.6 Å². The number of rotatable bonds is 7. The Kier molecular flexibility index (Phi) is 7.18. The zero-order valence-corrected chi connectivity index (χ0v) is 19.3. The van der Waals surface area contributed by atoms with Gasteiger partial charge in [-0.3, -0.25) is 9.59 Å². The van der Waals surface area contributed by atoms with Gasteiger partial charge in [0.1, 0.15) is 12.7 Å². The molecule has 3 aromatic carbocycles. The number of nitrogens with one attached hydrogen (secondary N) is 2. The van der Waals surface area contributed by atoms with Gasteiger partial charge < -0.3 is 15.4 Å². The molecule has 9 nitrogen and oxygen atoms in total. The zero-order chi connectivity index (χ0) is 24.8. The number of benzene rings is 3. The molecule has 0 atom stereocenters. The Morgan fingerprint density at radius 1 is 0.971 bits per heavy atom. The van der Waals surface area contributed by atoms with E-state index in [1.165, 1.54) is 23.4 Å². The normalized spacial score (nSPS) is 10.5. The summed E-state index contributed by atoms with van der Waals surface area (Å²) in [5.74, 6) is -1.71. The highest BCUT2D eigenvalue weighted by Gasteiger charge is 2.17. The summed E-state index contributed by atoms with van der Waals surface area (Å²) in [6.07, 6.45) is 2.83. The van der Waals surface area contributed by atoms with Crippen molar-refractivity contribution < 1.29 is 19.1 Å². The van der Waals surface area contributed by atoms with Gasteiger partial charge in [-0.25, -0.2) is 14.5 Å². The van der Waals surface area contributed by atoms with Gasteiger partial charge in [0.05, 0.1) is 22.6 Å². The lowest BCUT2D eigenvalue weighted by atomic mass is 10.1. The summed E-state index contributed by atoms with van der Waals surface area (Å²) in [5.41, 5.74) is 2.69. The first-order chi connectivity index (χ1) is 16.9. The van der Waals surface area contributed by atoms with Crippen LogP contribution >= 0.6 is 11.6 Å². The second-order valence-corrected chi connectivity index (χ2v) is 7.93. The highest BCUT2D eigenvalue weighted by molar-refractivity contribution is 6.31. The van der Waals surface area contributed by atoms with Gasteiger partial charge >= 0.3 is 5.97 Å². The maximum absolute atomic E-state index is 12.7. The third-order valence-corrected chi connectivity index (χ3v) is 5.14. The number of anilines is 2. The molecule has 176 valence electrons. The zero-order valence-electron chi connectivity index (χ0n) is 18.6. The van der Waals surface area contributed by atoms with E-state index in [0.717, 1.165) is 5.56 Å². The van der Waals surface area contributed by atoms with Gasteiger partial charge in [-0.15, -0.1) is 0 Å². The number of halogens is 1. The van der Waals surface area contributed by atoms with Crippen molar-refractivity contribution in [1.29, 1.82) is 0 Å². The first kappa shape index (κ1) is 23.7. The van der Waals surface area contributed by atoms with Gasteiger partial charge in [-0.05, 0) is 49.4 Å². The number of hydrogen-bond donors (Lipinski definition) is 2. The molecule has 0 aliphatic rings. The van der Waals surface area contributed by atoms with E-state index in [-0.39, 0.29) is 17.2 Å². The second kappa shape index (κ2) is 10.6. The van der Waals surface area contributed by atoms with Crippen molar-refractivity contribution in [2.24, 2.45) is 0 Å². The molecule has 0 spiro atoms. The van der Waals surface area contributed by atoms with Crippen LogP contribution in [-0.4, -0.2) is 39.2 Å². The van der Waals surface area contributed by atoms with Crippen LogP contribution in [0.2, 0.25) is 5.02 Å². The van der Waals surface area contributed by atoms with Crippen molar-refractivity contribution in [2.75, 3.05) is 17.2 Å². The minimum atomic E-state index is -0.761. The van der Waals surface area contributed by atoms with Crippen LogP contribution in [0.3, 0.4) is 0 Å². The first-order valence-corrected chi connectivity index (χ1v) is 10.9. The number of amides is 2. The molecule has 1 heterocycles. The van der Waals surface area contributed by atoms with Crippen LogP contribution in [0.25, 0.3) is 5.69 Å². The highest BCUT2D eigenvalue weighted by Crippen LogP contribution is 2.24. The molecule has 4 rings (SSSR count). The van der Waals surface area contributed by atoms with Crippen LogP contribution in [0.1, 0.15) is 26.3 Å². The molecule has 0 saturated carbocycles. The molecule has 1 aromatic heterocycles. The van der Waals surface area contributed by atoms with Gasteiger partial charge in [-0.1, -0.05) is 41.4 Å². The summed E-state index contributed by atoms with van der Waals surface area (Å²) >= 11 is 6.06. The van der Waals surface area contributed by atoms with Crippen molar-refractivity contribution in [3.63, 3.8) is 0 Å². The molecule has 10 heteroatoms. The van der Waals surface area contributed by atoms with E-state index in [4.69, 9.17) is 16.3 Å². The maximum Gasteiger partial charge on any atom is 0.340 e. The van der Waals surface area contributed by atoms with Gasteiger partial charge in [0.25, 0.3) is 11.8 Å². The monoisotopic (exact) mass is 489 g/mol. The minimum Gasteiger partial charge on any atom is -0.452 e. The standard InChI is InChI=1S/C25H20ClN5O4/c1-16-5-4-6-17(11-16)24(33)30-20-8-3-2-7-19(20)25(34)35-13-23(32)29-21-12-18(26)9-10-22(21)31-15-27-14-28-31/h2-12,14-15H,13H2,1H3,(H,29,32)(H,30,33). The molecule has 0 radical (unpaired) electrons. The molecule has 2 N–H and O–H groups in total. The van der Waals surface area contributed by atoms with Crippen molar-refractivity contribution in [3.05, 3.63) is 101 Å². The molecule has 0 bridgehead atoms. The van der Waals surface area contributed by atoms with Crippen molar-refractivity contribution in [3.8, 4) is 5.69 Å². The summed E-state index contributed by atoms with van der Waals surface area (Å²) in [5, 5.41) is 9.83. The highest BCUT2D eigenvalue weighted by atomic mass is 35.5. The van der Waals surface area contributed by atoms with E-state index in [9.17, 15) is 14.4 Å². The number of hydrogen-bond acceptors (Lipinski definition) is 6. The van der Waals surface area contributed by atoms with Crippen LogP contribution in [0.4, 0.5) is 11.4 Å². The minimum absolute atomic E-state index is 0.118. The number of para-hydroxylation sites is 1. The second-order valence-electron chi connectivity index (χ2n) is 7.50. The molecule has 0 aliphatic carbocycles. The SMILES string of the molecule is Cc1cccc(C(=O)Nc2ccccc2C(=O)OCC(=O)Nc2cc(Cl)ccc2-n2cncn2)c1. The predicted molar refractivity (Wildman–Crippen MR) is 131 cm³/mol. The first-order valence-electron chi connectivity index (χ1n) is 10.5. The van der Waals surface area contributed by atoms with Crippen molar-refractivity contribution in [1.82, 2.24) is 14.8 Å². The molecule has 0 fully saturated rings. The fraction of sp³-hybridized carbons (Fsp3) is 0.0800. The molecule has 35 heavy (non-hydrogen) atoms. The Morgan fingerprint density at radius 2 is 1.80 bits per heavy atom. The van der Waals surface area contributed by atoms with Crippen LogP contribution in [0, 0.1) is 6.92 Å². The number of carbonyl (C=O) groups excluding carboxylic acids is 3. The van der Waals surface area contributed by atoms with Crippen LogP contribution in [0.15, 0.2) is 79.4 Å². The van der Waals surface area contributed by atoms with E-state index in [0.29, 0.717) is 22.0 Å². The summed E-state index contributed by atoms with van der Waals surface area (Å²) < 4.78 is 6.66. The number of nitrogens with zero attached hydrogens (tertiary/aromatic N) is 3. The fourth-order valence-corrected chi connectivity index (χ4v) is 3.46. The Balaban J connectivity index is 1.42. The molecule has 2 amide bonds. The van der Waals surface area contributed by atoms with Gasteiger partial charge in [0.2, 0.25) is 0 Å². The lowest BCUT2D eigenvalue weighted by Gasteiger charge is -2.13. The Bertz CT molecular complexity index is 1390. The summed E-state index contributed by atoms with van der Waals surface area (Å²) in [4.78, 5) is 41.7. The quantitative estimate of drug-likeness (QED) is 0.374. The molecule has 0 aliphatic heterocycles. The van der Waals surface area contributed by atoms with E-state index in [2.05, 4.69) is 20.7 Å². The summed E-state index contributed by atoms with van der Waals surface area (Å²) in [6.45, 7) is 1.33. The van der Waals surface area contributed by atoms with Gasteiger partial charge in [0.15, 0.2) is 6.61 Å². The smallest absolute Gasteiger partial charge is 0.340 e. The summed E-state index contributed by atoms with van der Waals surface area (Å²) in [7, 11) is 0. The lowest BCUT2D eigenvalue weighted by molar-refractivity contribution is -0.119. The number of esters is 1. The van der Waals surface area contributed by atoms with E-state index < -0.39 is 18.5 Å². The predicted octanol–water partition coefficient (Wildman–Crippen LogP) is 4.28. The Labute approximate surface area is 205 Å². The Hall–Kier alpha value is -4.50. The number of ether oxygens (including phenoxy) is 1. The maximum atomic E-state index is 12.7. The third kappa shape index (κ3) is 5.90.